The zero-order valence-corrected chi connectivity index (χ0v) is 16.7. The van der Waals surface area contributed by atoms with Gasteiger partial charge in [0, 0.05) is 29.1 Å². The molecule has 4 nitrogen and oxygen atoms in total. The molecule has 3 aromatic rings. The number of para-hydroxylation sites is 1. The summed E-state index contributed by atoms with van der Waals surface area (Å²) in [7, 11) is 0. The number of hydrogen-bond acceptors (Lipinski definition) is 2. The molecule has 2 heterocycles. The average Bonchev–Trinajstić information content (AvgIpc) is 3.36. The summed E-state index contributed by atoms with van der Waals surface area (Å²) in [6.07, 6.45) is 4.39. The number of carbonyl (C=O) groups excluding carboxylic acids is 1. The summed E-state index contributed by atoms with van der Waals surface area (Å²) in [6, 6.07) is 16.5. The van der Waals surface area contributed by atoms with E-state index in [4.69, 9.17) is 4.74 Å². The van der Waals surface area contributed by atoms with Crippen molar-refractivity contribution in [2.45, 2.75) is 51.3 Å². The average molecular weight is 394 g/mol. The van der Waals surface area contributed by atoms with Gasteiger partial charge in [-0.05, 0) is 50.8 Å². The molecule has 1 aromatic heterocycles. The Kier molecular flexibility index (Phi) is 5.95. The quantitative estimate of drug-likeness (QED) is 0.619. The Hall–Kier alpha value is -2.66. The van der Waals surface area contributed by atoms with E-state index in [9.17, 15) is 9.18 Å². The number of hydrogen-bond donors (Lipinski definition) is 1. The number of nitrogens with one attached hydrogen (secondary N) is 1. The van der Waals surface area contributed by atoms with Crippen LogP contribution in [-0.2, 0) is 11.3 Å². The summed E-state index contributed by atoms with van der Waals surface area (Å²) >= 11 is 0. The number of halogens is 1. The van der Waals surface area contributed by atoms with E-state index in [2.05, 4.69) is 5.32 Å². The van der Waals surface area contributed by atoms with Crippen LogP contribution in [0.15, 0.2) is 54.6 Å². The minimum atomic E-state index is -0.262. The number of ether oxygens (including phenoxy) is 1. The molecule has 2 atom stereocenters. The van der Waals surface area contributed by atoms with Crippen molar-refractivity contribution in [3.63, 3.8) is 0 Å². The first-order valence-corrected chi connectivity index (χ1v) is 10.4. The van der Waals surface area contributed by atoms with Crippen molar-refractivity contribution < 1.29 is 13.9 Å². The monoisotopic (exact) mass is 394 g/mol. The van der Waals surface area contributed by atoms with Crippen molar-refractivity contribution in [1.82, 2.24) is 9.88 Å². The maximum absolute atomic E-state index is 14.2. The van der Waals surface area contributed by atoms with E-state index in [1.165, 1.54) is 6.07 Å². The van der Waals surface area contributed by atoms with Crippen LogP contribution in [0, 0.1) is 5.82 Å². The van der Waals surface area contributed by atoms with Crippen molar-refractivity contribution in [3.05, 3.63) is 71.7 Å². The first-order valence-electron chi connectivity index (χ1n) is 10.4. The zero-order chi connectivity index (χ0) is 20.2. The van der Waals surface area contributed by atoms with Crippen LogP contribution >= 0.6 is 0 Å². The normalized spacial score (nSPS) is 17.5. The lowest BCUT2D eigenvalue weighted by Crippen LogP contribution is -2.34. The van der Waals surface area contributed by atoms with Gasteiger partial charge in [-0.25, -0.2) is 4.39 Å². The second kappa shape index (κ2) is 8.78. The van der Waals surface area contributed by atoms with Gasteiger partial charge >= 0.3 is 0 Å². The van der Waals surface area contributed by atoms with Crippen molar-refractivity contribution in [1.29, 1.82) is 0 Å². The maximum atomic E-state index is 14.2. The summed E-state index contributed by atoms with van der Waals surface area (Å²) < 4.78 is 21.8. The number of carbonyl (C=O) groups is 1. The molecule has 0 bridgehead atoms. The van der Waals surface area contributed by atoms with Gasteiger partial charge in [0.05, 0.1) is 12.6 Å². The molecule has 1 saturated heterocycles. The SMILES string of the molecule is CC(CCC1CCCO1)NC(=O)c1cc2ccccc2n1Cc1ccccc1F. The molecule has 0 aliphatic carbocycles. The third-order valence-corrected chi connectivity index (χ3v) is 5.65. The van der Waals surface area contributed by atoms with Gasteiger partial charge in [0.1, 0.15) is 11.5 Å². The second-order valence-electron chi connectivity index (χ2n) is 7.85. The molecule has 0 radical (unpaired) electrons. The Morgan fingerprint density at radius 2 is 2.03 bits per heavy atom. The molecule has 4 rings (SSSR count). The summed E-state index contributed by atoms with van der Waals surface area (Å²) in [4.78, 5) is 13.1. The molecule has 2 unspecified atom stereocenters. The van der Waals surface area contributed by atoms with Crippen LogP contribution in [-0.4, -0.2) is 29.2 Å². The van der Waals surface area contributed by atoms with Gasteiger partial charge in [0.2, 0.25) is 0 Å². The van der Waals surface area contributed by atoms with Crippen LogP contribution in [0.4, 0.5) is 4.39 Å². The van der Waals surface area contributed by atoms with E-state index >= 15 is 0 Å². The lowest BCUT2D eigenvalue weighted by atomic mass is 10.1. The summed E-state index contributed by atoms with van der Waals surface area (Å²) in [5.41, 5.74) is 2.04. The van der Waals surface area contributed by atoms with Gasteiger partial charge in [-0.3, -0.25) is 4.79 Å². The first-order chi connectivity index (χ1) is 14.1. The molecular formula is C24H27FN2O2. The molecule has 152 valence electrons. The maximum Gasteiger partial charge on any atom is 0.268 e. The van der Waals surface area contributed by atoms with Crippen molar-refractivity contribution in [2.24, 2.45) is 0 Å². The summed E-state index contributed by atoms with van der Waals surface area (Å²) in [5, 5.41) is 4.09. The van der Waals surface area contributed by atoms with Crippen LogP contribution in [0.3, 0.4) is 0 Å². The largest absolute Gasteiger partial charge is 0.378 e. The molecule has 2 aromatic carbocycles. The number of benzene rings is 2. The van der Waals surface area contributed by atoms with Crippen molar-refractivity contribution in [2.75, 3.05) is 6.61 Å². The highest BCUT2D eigenvalue weighted by Crippen LogP contribution is 2.23. The number of aromatic nitrogens is 1. The van der Waals surface area contributed by atoms with E-state index in [1.54, 1.807) is 12.1 Å². The van der Waals surface area contributed by atoms with Gasteiger partial charge in [-0.15, -0.1) is 0 Å². The van der Waals surface area contributed by atoms with Crippen molar-refractivity contribution in [3.8, 4) is 0 Å². The van der Waals surface area contributed by atoms with Gasteiger partial charge < -0.3 is 14.6 Å². The van der Waals surface area contributed by atoms with Gasteiger partial charge in [-0.2, -0.15) is 0 Å². The highest BCUT2D eigenvalue weighted by Gasteiger charge is 2.20. The predicted molar refractivity (Wildman–Crippen MR) is 113 cm³/mol. The topological polar surface area (TPSA) is 43.3 Å². The fraction of sp³-hybridized carbons (Fsp3) is 0.375. The van der Waals surface area contributed by atoms with E-state index in [-0.39, 0.29) is 17.8 Å². The van der Waals surface area contributed by atoms with E-state index in [0.29, 0.717) is 23.9 Å². The Bertz CT molecular complexity index is 991. The van der Waals surface area contributed by atoms with Crippen LogP contribution in [0.2, 0.25) is 0 Å². The molecule has 1 aliphatic heterocycles. The number of fused-ring (bicyclic) bond motifs is 1. The van der Waals surface area contributed by atoms with E-state index < -0.39 is 0 Å². The molecule has 5 heteroatoms. The molecule has 1 aliphatic rings. The number of nitrogens with zero attached hydrogens (tertiary/aromatic N) is 1. The Morgan fingerprint density at radius 3 is 2.83 bits per heavy atom. The molecule has 29 heavy (non-hydrogen) atoms. The molecule has 1 fully saturated rings. The fourth-order valence-corrected chi connectivity index (χ4v) is 4.04. The Labute approximate surface area is 170 Å². The lowest BCUT2D eigenvalue weighted by molar-refractivity contribution is 0.0893. The number of rotatable bonds is 7. The smallest absolute Gasteiger partial charge is 0.268 e. The predicted octanol–water partition coefficient (Wildman–Crippen LogP) is 4.91. The van der Waals surface area contributed by atoms with Crippen LogP contribution in [0.5, 0.6) is 0 Å². The van der Waals surface area contributed by atoms with Crippen LogP contribution < -0.4 is 5.32 Å². The summed E-state index contributed by atoms with van der Waals surface area (Å²) in [5.74, 6) is -0.390. The molecule has 1 amide bonds. The fourth-order valence-electron chi connectivity index (χ4n) is 4.04. The third kappa shape index (κ3) is 4.51. The van der Waals surface area contributed by atoms with Crippen LogP contribution in [0.25, 0.3) is 10.9 Å². The van der Waals surface area contributed by atoms with Crippen LogP contribution in [0.1, 0.15) is 48.7 Å². The summed E-state index contributed by atoms with van der Waals surface area (Å²) in [6.45, 7) is 3.19. The second-order valence-corrected chi connectivity index (χ2v) is 7.85. The standard InChI is InChI=1S/C24H27FN2O2/c1-17(12-13-20-9-6-14-29-20)26-24(28)23-15-18-7-3-5-11-22(18)27(23)16-19-8-2-4-10-21(19)25/h2-5,7-8,10-11,15,17,20H,6,9,12-14,16H2,1H3,(H,26,28). The number of amides is 1. The van der Waals surface area contributed by atoms with Gasteiger partial charge in [0.25, 0.3) is 5.91 Å². The third-order valence-electron chi connectivity index (χ3n) is 5.65. The minimum Gasteiger partial charge on any atom is -0.378 e. The highest BCUT2D eigenvalue weighted by molar-refractivity contribution is 5.99. The van der Waals surface area contributed by atoms with E-state index in [1.807, 2.05) is 47.9 Å². The molecular weight excluding hydrogens is 367 g/mol. The zero-order valence-electron chi connectivity index (χ0n) is 16.7. The first kappa shape index (κ1) is 19.6. The van der Waals surface area contributed by atoms with Gasteiger partial charge in [-0.1, -0.05) is 36.4 Å². The highest BCUT2D eigenvalue weighted by atomic mass is 19.1. The van der Waals surface area contributed by atoms with Crippen molar-refractivity contribution >= 4 is 16.8 Å². The molecule has 0 spiro atoms. The molecule has 0 saturated carbocycles. The minimum absolute atomic E-state index is 0.0478. The van der Waals surface area contributed by atoms with Gasteiger partial charge in [0.15, 0.2) is 0 Å². The Morgan fingerprint density at radius 1 is 1.24 bits per heavy atom. The van der Waals surface area contributed by atoms with E-state index in [0.717, 1.165) is 43.2 Å². The lowest BCUT2D eigenvalue weighted by Gasteiger charge is -2.17. The molecule has 1 N–H and O–H groups in total. The Balaban J connectivity index is 1.54.